The van der Waals surface area contributed by atoms with E-state index >= 15 is 0 Å². The number of halogens is 1. The summed E-state index contributed by atoms with van der Waals surface area (Å²) >= 11 is 3.48. The molecule has 0 aliphatic heterocycles. The summed E-state index contributed by atoms with van der Waals surface area (Å²) in [7, 11) is 0. The van der Waals surface area contributed by atoms with Crippen LogP contribution in [0.25, 0.3) is 10.1 Å². The molecule has 1 aromatic heterocycles. The van der Waals surface area contributed by atoms with Crippen LogP contribution in [0.5, 0.6) is 5.75 Å². The zero-order chi connectivity index (χ0) is 9.42. The average Bonchev–Trinajstić information content (AvgIpc) is 2.60. The van der Waals surface area contributed by atoms with Gasteiger partial charge in [0.15, 0.2) is 0 Å². The van der Waals surface area contributed by atoms with Gasteiger partial charge >= 0.3 is 0 Å². The van der Waals surface area contributed by atoms with Crippen molar-refractivity contribution in [2.24, 2.45) is 0 Å². The summed E-state index contributed by atoms with van der Waals surface area (Å²) in [6.07, 6.45) is 0. The van der Waals surface area contributed by atoms with Crippen LogP contribution >= 0.6 is 33.9 Å². The second-order valence-corrected chi connectivity index (χ2v) is 4.61. The van der Waals surface area contributed by atoms with Gasteiger partial charge in [-0.3, -0.25) is 0 Å². The summed E-state index contributed by atoms with van der Waals surface area (Å²) in [5.74, 6) is 0.282. The highest BCUT2D eigenvalue weighted by Gasteiger charge is 2.09. The molecule has 2 rings (SSSR count). The van der Waals surface area contributed by atoms with E-state index in [1.54, 1.807) is 6.07 Å². The van der Waals surface area contributed by atoms with E-state index < -0.39 is 0 Å². The molecule has 0 unspecified atom stereocenters. The highest BCUT2D eigenvalue weighted by molar-refractivity contribution is 14.1. The third kappa shape index (κ3) is 1.28. The molecule has 0 amide bonds. The first-order valence-corrected chi connectivity index (χ1v) is 5.48. The second kappa shape index (κ2) is 3.16. The number of aromatic hydroxyl groups is 1. The van der Waals surface area contributed by atoms with Gasteiger partial charge in [0.2, 0.25) is 0 Å². The van der Waals surface area contributed by atoms with Crippen LogP contribution in [0, 0.1) is 14.9 Å². The fourth-order valence-electron chi connectivity index (χ4n) is 1.18. The van der Waals surface area contributed by atoms with Crippen molar-refractivity contribution in [1.29, 1.82) is 5.26 Å². The highest BCUT2D eigenvalue weighted by Crippen LogP contribution is 2.35. The van der Waals surface area contributed by atoms with E-state index in [4.69, 9.17) is 5.26 Å². The molecule has 1 aromatic carbocycles. The Morgan fingerprint density at radius 1 is 1.54 bits per heavy atom. The summed E-state index contributed by atoms with van der Waals surface area (Å²) in [4.78, 5) is 0. The van der Waals surface area contributed by atoms with Crippen LogP contribution in [0.2, 0.25) is 0 Å². The van der Waals surface area contributed by atoms with Crippen LogP contribution in [0.1, 0.15) is 5.56 Å². The highest BCUT2D eigenvalue weighted by atomic mass is 127. The van der Waals surface area contributed by atoms with E-state index in [0.717, 1.165) is 13.7 Å². The number of hydrogen-bond acceptors (Lipinski definition) is 3. The van der Waals surface area contributed by atoms with Gasteiger partial charge in [0, 0.05) is 5.39 Å². The quantitative estimate of drug-likeness (QED) is 0.760. The lowest BCUT2D eigenvalue weighted by Gasteiger charge is -1.99. The molecule has 2 nitrogen and oxygen atoms in total. The van der Waals surface area contributed by atoms with Crippen LogP contribution in [0.15, 0.2) is 17.5 Å². The van der Waals surface area contributed by atoms with Gasteiger partial charge in [-0.1, -0.05) is 0 Å². The molecule has 2 aromatic rings. The van der Waals surface area contributed by atoms with Gasteiger partial charge in [-0.2, -0.15) is 5.26 Å². The fraction of sp³-hybridized carbons (Fsp3) is 0. The molecule has 0 saturated heterocycles. The molecule has 0 aliphatic rings. The maximum atomic E-state index is 9.66. The number of fused-ring (bicyclic) bond motifs is 1. The first kappa shape index (κ1) is 8.78. The van der Waals surface area contributed by atoms with Crippen LogP contribution in [0.4, 0.5) is 0 Å². The molecule has 1 N–H and O–H groups in total. The number of benzene rings is 1. The molecule has 4 heteroatoms. The smallest absolute Gasteiger partial charge is 0.146 e. The summed E-state index contributed by atoms with van der Waals surface area (Å²) in [5.41, 5.74) is 0.624. The number of nitriles is 1. The monoisotopic (exact) mass is 301 g/mol. The molecule has 13 heavy (non-hydrogen) atoms. The lowest BCUT2D eigenvalue weighted by atomic mass is 10.1. The van der Waals surface area contributed by atoms with E-state index in [1.165, 1.54) is 11.3 Å². The molecule has 64 valence electrons. The summed E-state index contributed by atoms with van der Waals surface area (Å²) in [6, 6.07) is 5.67. The lowest BCUT2D eigenvalue weighted by Crippen LogP contribution is -1.79. The minimum absolute atomic E-state index is 0.282. The summed E-state index contributed by atoms with van der Waals surface area (Å²) < 4.78 is 1.52. The predicted octanol–water partition coefficient (Wildman–Crippen LogP) is 3.08. The first-order valence-electron chi connectivity index (χ1n) is 3.53. The molecule has 0 spiro atoms. The molecule has 0 radical (unpaired) electrons. The molecular formula is C9H4INOS. The Morgan fingerprint density at radius 3 is 3.00 bits per heavy atom. The Balaban J connectivity index is 2.97. The third-order valence-corrected chi connectivity index (χ3v) is 3.53. The molecule has 0 atom stereocenters. The number of hydrogen-bond donors (Lipinski definition) is 1. The summed E-state index contributed by atoms with van der Waals surface area (Å²) in [6.45, 7) is 0. The lowest BCUT2D eigenvalue weighted by molar-refractivity contribution is 0.479. The number of nitrogens with zero attached hydrogens (tertiary/aromatic N) is 1. The standard InChI is InChI=1S/C9H4INOS/c10-7-3-5(4-11)6-1-2-13-9(6)8(7)12/h1-3,12H. The number of thiophene rings is 1. The Labute approximate surface area is 92.6 Å². The van der Waals surface area contributed by atoms with Crippen molar-refractivity contribution in [2.45, 2.75) is 0 Å². The number of phenolic OH excluding ortho intramolecular Hbond substituents is 1. The third-order valence-electron chi connectivity index (χ3n) is 1.79. The fourth-order valence-corrected chi connectivity index (χ4v) is 2.81. The van der Waals surface area contributed by atoms with Gasteiger partial charge in [-0.15, -0.1) is 11.3 Å². The van der Waals surface area contributed by atoms with Crippen molar-refractivity contribution in [3.63, 3.8) is 0 Å². The Morgan fingerprint density at radius 2 is 2.31 bits per heavy atom. The number of rotatable bonds is 0. The molecule has 1 heterocycles. The normalized spacial score (nSPS) is 10.2. The van der Waals surface area contributed by atoms with Crippen molar-refractivity contribution in [3.05, 3.63) is 26.6 Å². The summed E-state index contributed by atoms with van der Waals surface area (Å²) in [5, 5.41) is 21.2. The van der Waals surface area contributed by atoms with Crippen molar-refractivity contribution < 1.29 is 5.11 Å². The molecule has 0 fully saturated rings. The van der Waals surface area contributed by atoms with Crippen molar-refractivity contribution >= 4 is 44.0 Å². The number of phenols is 1. The zero-order valence-electron chi connectivity index (χ0n) is 6.41. The van der Waals surface area contributed by atoms with Gasteiger partial charge < -0.3 is 5.11 Å². The van der Waals surface area contributed by atoms with Gasteiger partial charge in [-0.25, -0.2) is 0 Å². The van der Waals surface area contributed by atoms with Crippen LogP contribution < -0.4 is 0 Å². The maximum absolute atomic E-state index is 9.66. The van der Waals surface area contributed by atoms with Gasteiger partial charge in [-0.05, 0) is 40.1 Å². The van der Waals surface area contributed by atoms with E-state index in [2.05, 4.69) is 6.07 Å². The minimum Gasteiger partial charge on any atom is -0.505 e. The van der Waals surface area contributed by atoms with Gasteiger partial charge in [0.05, 0.1) is 19.9 Å². The SMILES string of the molecule is N#Cc1cc(I)c(O)c2sccc12. The topological polar surface area (TPSA) is 44.0 Å². The first-order chi connectivity index (χ1) is 6.24. The van der Waals surface area contributed by atoms with Crippen molar-refractivity contribution in [2.75, 3.05) is 0 Å². The van der Waals surface area contributed by atoms with Crippen LogP contribution in [-0.4, -0.2) is 5.11 Å². The molecule has 0 aliphatic carbocycles. The van der Waals surface area contributed by atoms with Crippen LogP contribution in [-0.2, 0) is 0 Å². The predicted molar refractivity (Wildman–Crippen MR) is 60.9 cm³/mol. The second-order valence-electron chi connectivity index (χ2n) is 2.53. The zero-order valence-corrected chi connectivity index (χ0v) is 9.39. The molecule has 0 saturated carbocycles. The van der Waals surface area contributed by atoms with E-state index in [1.807, 2.05) is 34.0 Å². The van der Waals surface area contributed by atoms with Crippen molar-refractivity contribution in [1.82, 2.24) is 0 Å². The Kier molecular flexibility index (Phi) is 2.14. The van der Waals surface area contributed by atoms with Crippen molar-refractivity contribution in [3.8, 4) is 11.8 Å². The average molecular weight is 301 g/mol. The Bertz CT molecular complexity index is 512. The van der Waals surface area contributed by atoms with E-state index in [0.29, 0.717) is 5.56 Å². The molecular weight excluding hydrogens is 297 g/mol. The minimum atomic E-state index is 0.282. The van der Waals surface area contributed by atoms with Gasteiger partial charge in [0.25, 0.3) is 0 Å². The Hall–Kier alpha value is -0.800. The van der Waals surface area contributed by atoms with E-state index in [9.17, 15) is 5.11 Å². The largest absolute Gasteiger partial charge is 0.505 e. The molecule has 0 bridgehead atoms. The van der Waals surface area contributed by atoms with Gasteiger partial charge in [0.1, 0.15) is 5.75 Å². The van der Waals surface area contributed by atoms with E-state index in [-0.39, 0.29) is 5.75 Å². The maximum Gasteiger partial charge on any atom is 0.146 e. The van der Waals surface area contributed by atoms with Crippen LogP contribution in [0.3, 0.4) is 0 Å².